The van der Waals surface area contributed by atoms with Crippen LogP contribution in [0, 0.1) is 5.92 Å². The highest BCUT2D eigenvalue weighted by molar-refractivity contribution is 5.95. The Morgan fingerprint density at radius 3 is 2.64 bits per heavy atom. The van der Waals surface area contributed by atoms with Crippen molar-refractivity contribution < 1.29 is 14.3 Å². The van der Waals surface area contributed by atoms with E-state index in [-0.39, 0.29) is 23.5 Å². The number of benzene rings is 1. The first-order valence-corrected chi connectivity index (χ1v) is 11.2. The largest absolute Gasteiger partial charge is 0.379 e. The first-order valence-electron chi connectivity index (χ1n) is 11.2. The summed E-state index contributed by atoms with van der Waals surface area (Å²) in [7, 11) is 3.33. The normalized spacial score (nSPS) is 13.7. The van der Waals surface area contributed by atoms with Gasteiger partial charge in [-0.3, -0.25) is 9.36 Å². The van der Waals surface area contributed by atoms with Gasteiger partial charge in [-0.1, -0.05) is 0 Å². The third-order valence-corrected chi connectivity index (χ3v) is 6.16. The molecule has 8 nitrogen and oxygen atoms in total. The molecule has 0 radical (unpaired) electrons. The van der Waals surface area contributed by atoms with Gasteiger partial charge in [0.25, 0.3) is 0 Å². The van der Waals surface area contributed by atoms with Gasteiger partial charge in [-0.15, -0.1) is 0 Å². The molecule has 2 amide bonds. The number of rotatable bonds is 8. The lowest BCUT2D eigenvalue weighted by Gasteiger charge is -2.30. The molecule has 1 aromatic carbocycles. The van der Waals surface area contributed by atoms with Crippen molar-refractivity contribution in [3.8, 4) is 0 Å². The highest BCUT2D eigenvalue weighted by Crippen LogP contribution is 2.33. The van der Waals surface area contributed by atoms with Gasteiger partial charge in [-0.05, 0) is 63.4 Å². The molecule has 0 saturated heterocycles. The fourth-order valence-corrected chi connectivity index (χ4v) is 3.72. The molecule has 0 unspecified atom stereocenters. The number of pyridine rings is 1. The van der Waals surface area contributed by atoms with Crippen molar-refractivity contribution in [2.24, 2.45) is 5.92 Å². The number of fused-ring (bicyclic) bond motifs is 1. The summed E-state index contributed by atoms with van der Waals surface area (Å²) in [6, 6.07) is 11.6. The summed E-state index contributed by atoms with van der Waals surface area (Å²) in [5.41, 5.74) is 2.45. The van der Waals surface area contributed by atoms with Crippen LogP contribution in [-0.4, -0.2) is 47.8 Å². The van der Waals surface area contributed by atoms with E-state index in [0.29, 0.717) is 12.4 Å². The van der Waals surface area contributed by atoms with Crippen molar-refractivity contribution in [1.82, 2.24) is 14.9 Å². The van der Waals surface area contributed by atoms with Crippen molar-refractivity contribution in [2.75, 3.05) is 30.9 Å². The fraction of sp³-hybridized carbons (Fsp3) is 0.400. The minimum atomic E-state index is -0.291. The van der Waals surface area contributed by atoms with Gasteiger partial charge in [0.2, 0.25) is 5.91 Å². The van der Waals surface area contributed by atoms with Crippen LogP contribution in [0.3, 0.4) is 0 Å². The molecular weight excluding hydrogens is 418 g/mol. The second-order valence-corrected chi connectivity index (χ2v) is 9.01. The molecule has 1 aliphatic carbocycles. The molecule has 33 heavy (non-hydrogen) atoms. The number of methoxy groups -OCH3 is 1. The summed E-state index contributed by atoms with van der Waals surface area (Å²) < 4.78 is 7.23. The fourth-order valence-electron chi connectivity index (χ4n) is 3.72. The molecule has 3 aromatic rings. The number of anilines is 3. The van der Waals surface area contributed by atoms with Gasteiger partial charge >= 0.3 is 6.03 Å². The van der Waals surface area contributed by atoms with E-state index >= 15 is 0 Å². The van der Waals surface area contributed by atoms with E-state index < -0.39 is 0 Å². The van der Waals surface area contributed by atoms with Gasteiger partial charge in [-0.2, -0.15) is 0 Å². The van der Waals surface area contributed by atoms with E-state index in [2.05, 4.69) is 40.4 Å². The van der Waals surface area contributed by atoms with E-state index in [4.69, 9.17) is 4.74 Å². The Morgan fingerprint density at radius 2 is 1.94 bits per heavy atom. The first kappa shape index (κ1) is 22.8. The lowest BCUT2D eigenvalue weighted by atomic mass is 10.0. The number of hydrogen-bond acceptors (Lipinski definition) is 5. The molecule has 2 heterocycles. The van der Waals surface area contributed by atoms with E-state index in [0.717, 1.165) is 41.5 Å². The van der Waals surface area contributed by atoms with Gasteiger partial charge in [0.1, 0.15) is 5.82 Å². The number of aromatic nitrogens is 2. The molecule has 174 valence electrons. The SMILES string of the molecule is CNC(=O)n1ccc2cc(N(CCC(C)(C)OC)c3ccnc(NC(=O)C4CC4)c3)ccc21. The topological polar surface area (TPSA) is 88.5 Å². The van der Waals surface area contributed by atoms with Crippen molar-refractivity contribution in [1.29, 1.82) is 0 Å². The van der Waals surface area contributed by atoms with Crippen molar-refractivity contribution in [3.05, 3.63) is 48.8 Å². The lowest BCUT2D eigenvalue weighted by Crippen LogP contribution is -2.30. The highest BCUT2D eigenvalue weighted by atomic mass is 16.5. The predicted octanol–water partition coefficient (Wildman–Crippen LogP) is 4.53. The molecule has 0 atom stereocenters. The molecule has 2 N–H and O–H groups in total. The van der Waals surface area contributed by atoms with Crippen LogP contribution in [0.25, 0.3) is 10.9 Å². The van der Waals surface area contributed by atoms with Crippen LogP contribution >= 0.6 is 0 Å². The van der Waals surface area contributed by atoms with Crippen LogP contribution in [-0.2, 0) is 9.53 Å². The van der Waals surface area contributed by atoms with Crippen molar-refractivity contribution in [2.45, 2.75) is 38.7 Å². The molecule has 0 aliphatic heterocycles. The monoisotopic (exact) mass is 449 g/mol. The summed E-state index contributed by atoms with van der Waals surface area (Å²) in [5, 5.41) is 6.56. The maximum Gasteiger partial charge on any atom is 0.325 e. The third-order valence-electron chi connectivity index (χ3n) is 6.16. The zero-order valence-corrected chi connectivity index (χ0v) is 19.6. The van der Waals surface area contributed by atoms with Crippen LogP contribution in [0.15, 0.2) is 48.8 Å². The van der Waals surface area contributed by atoms with E-state index in [1.807, 2.05) is 30.3 Å². The van der Waals surface area contributed by atoms with Gasteiger partial charge < -0.3 is 20.3 Å². The predicted molar refractivity (Wildman–Crippen MR) is 130 cm³/mol. The second kappa shape index (κ2) is 9.23. The maximum absolute atomic E-state index is 12.2. The Morgan fingerprint density at radius 1 is 1.18 bits per heavy atom. The van der Waals surface area contributed by atoms with E-state index in [9.17, 15) is 9.59 Å². The zero-order valence-electron chi connectivity index (χ0n) is 19.6. The molecule has 8 heteroatoms. The summed E-state index contributed by atoms with van der Waals surface area (Å²) in [6.45, 7) is 4.82. The molecular formula is C25H31N5O3. The molecule has 0 bridgehead atoms. The van der Waals surface area contributed by atoms with Crippen LogP contribution < -0.4 is 15.5 Å². The Hall–Kier alpha value is -3.39. The first-order chi connectivity index (χ1) is 15.8. The van der Waals surface area contributed by atoms with Gasteiger partial charge in [0.15, 0.2) is 0 Å². The molecule has 1 saturated carbocycles. The smallest absolute Gasteiger partial charge is 0.325 e. The highest BCUT2D eigenvalue weighted by Gasteiger charge is 2.30. The van der Waals surface area contributed by atoms with Crippen molar-refractivity contribution >= 4 is 40.0 Å². The minimum absolute atomic E-state index is 0.0312. The Balaban J connectivity index is 1.67. The number of carbonyl (C=O) groups is 2. The Labute approximate surface area is 193 Å². The van der Waals surface area contributed by atoms with Crippen LogP contribution in [0.4, 0.5) is 22.0 Å². The molecule has 1 aliphatic rings. The van der Waals surface area contributed by atoms with Gasteiger partial charge in [0.05, 0.1) is 11.1 Å². The number of hydrogen-bond donors (Lipinski definition) is 2. The molecule has 0 spiro atoms. The minimum Gasteiger partial charge on any atom is -0.379 e. The van der Waals surface area contributed by atoms with E-state index in [1.54, 1.807) is 31.1 Å². The number of carbonyl (C=O) groups excluding carboxylic acids is 2. The summed E-state index contributed by atoms with van der Waals surface area (Å²) in [6.07, 6.45) is 6.16. The Bertz CT molecular complexity index is 1170. The summed E-state index contributed by atoms with van der Waals surface area (Å²) in [5.74, 6) is 0.691. The average Bonchev–Trinajstić information content (AvgIpc) is 3.58. The average molecular weight is 450 g/mol. The molecule has 2 aromatic heterocycles. The molecule has 1 fully saturated rings. The van der Waals surface area contributed by atoms with E-state index in [1.165, 1.54) is 0 Å². The lowest BCUT2D eigenvalue weighted by molar-refractivity contribution is -0.117. The zero-order chi connectivity index (χ0) is 23.6. The number of amides is 2. The Kier molecular flexibility index (Phi) is 6.37. The quantitative estimate of drug-likeness (QED) is 0.528. The maximum atomic E-state index is 12.2. The van der Waals surface area contributed by atoms with Gasteiger partial charge in [-0.25, -0.2) is 9.78 Å². The van der Waals surface area contributed by atoms with Gasteiger partial charge in [0, 0.05) is 61.8 Å². The number of ether oxygens (including phenoxy) is 1. The third kappa shape index (κ3) is 5.17. The van der Waals surface area contributed by atoms with Crippen LogP contribution in [0.1, 0.15) is 33.1 Å². The van der Waals surface area contributed by atoms with Crippen molar-refractivity contribution in [3.63, 3.8) is 0 Å². The second-order valence-electron chi connectivity index (χ2n) is 9.01. The van der Waals surface area contributed by atoms with Crippen LogP contribution in [0.2, 0.25) is 0 Å². The number of nitrogens with one attached hydrogen (secondary N) is 2. The summed E-state index contributed by atoms with van der Waals surface area (Å²) in [4.78, 5) is 30.9. The molecule has 4 rings (SSSR count). The summed E-state index contributed by atoms with van der Waals surface area (Å²) >= 11 is 0. The number of nitrogens with zero attached hydrogens (tertiary/aromatic N) is 3. The van der Waals surface area contributed by atoms with Crippen LogP contribution in [0.5, 0.6) is 0 Å². The standard InChI is InChI=1S/C25H31N5O3/c1-25(2,33-4)11-14-29(20-9-12-27-22(16-20)28-23(31)17-5-6-17)19-7-8-21-18(15-19)10-13-30(21)24(32)26-3/h7-10,12-13,15-17H,5-6,11,14H2,1-4H3,(H,26,32)(H,27,28,31).